The predicted octanol–water partition coefficient (Wildman–Crippen LogP) is 3.01. The van der Waals surface area contributed by atoms with Crippen molar-refractivity contribution < 1.29 is 17.9 Å². The average molecular weight is 391 g/mol. The van der Waals surface area contributed by atoms with E-state index in [-0.39, 0.29) is 5.91 Å². The van der Waals surface area contributed by atoms with Crippen molar-refractivity contribution in [3.8, 4) is 5.75 Å². The van der Waals surface area contributed by atoms with Crippen molar-refractivity contribution in [2.24, 2.45) is 0 Å². The molecular formula is C20H26N2O4S. The number of sulfonamides is 1. The molecule has 0 aliphatic heterocycles. The third kappa shape index (κ3) is 5.72. The van der Waals surface area contributed by atoms with Gasteiger partial charge >= 0.3 is 0 Å². The lowest BCUT2D eigenvalue weighted by Crippen LogP contribution is -2.28. The number of rotatable bonds is 8. The highest BCUT2D eigenvalue weighted by Gasteiger charge is 2.13. The Balaban J connectivity index is 1.88. The van der Waals surface area contributed by atoms with Gasteiger partial charge < -0.3 is 10.1 Å². The fourth-order valence-electron chi connectivity index (χ4n) is 2.53. The molecule has 2 aromatic rings. The first-order valence-corrected chi connectivity index (χ1v) is 10.6. The third-order valence-corrected chi connectivity index (χ3v) is 5.38. The van der Waals surface area contributed by atoms with Gasteiger partial charge in [-0.3, -0.25) is 9.10 Å². The molecule has 0 saturated heterocycles. The second-order valence-corrected chi connectivity index (χ2v) is 8.59. The van der Waals surface area contributed by atoms with E-state index in [9.17, 15) is 13.2 Å². The van der Waals surface area contributed by atoms with Gasteiger partial charge in [0, 0.05) is 12.6 Å². The lowest BCUT2D eigenvalue weighted by Gasteiger charge is -2.16. The first kappa shape index (κ1) is 20.8. The number of hydrogen-bond acceptors (Lipinski definition) is 4. The molecule has 0 bridgehead atoms. The summed E-state index contributed by atoms with van der Waals surface area (Å²) in [4.78, 5) is 12.2. The van der Waals surface area contributed by atoms with Gasteiger partial charge in [-0.05, 0) is 41.8 Å². The van der Waals surface area contributed by atoms with Gasteiger partial charge in [-0.25, -0.2) is 8.42 Å². The number of benzene rings is 2. The average Bonchev–Trinajstić information content (AvgIpc) is 2.64. The van der Waals surface area contributed by atoms with Crippen molar-refractivity contribution in [2.45, 2.75) is 19.8 Å². The van der Waals surface area contributed by atoms with E-state index in [1.165, 1.54) is 7.05 Å². The van der Waals surface area contributed by atoms with Gasteiger partial charge in [-0.1, -0.05) is 32.0 Å². The quantitative estimate of drug-likeness (QED) is 0.703. The zero-order valence-electron chi connectivity index (χ0n) is 16.1. The lowest BCUT2D eigenvalue weighted by atomic mass is 10.0. The number of anilines is 1. The number of carbonyl (C=O) groups is 1. The largest absolute Gasteiger partial charge is 0.491 e. The molecule has 0 heterocycles. The number of carbonyl (C=O) groups excluding carboxylic acids is 1. The van der Waals surface area contributed by atoms with Crippen LogP contribution in [-0.4, -0.2) is 40.8 Å². The Morgan fingerprint density at radius 3 is 2.33 bits per heavy atom. The summed E-state index contributed by atoms with van der Waals surface area (Å²) < 4.78 is 30.0. The molecule has 0 aliphatic rings. The van der Waals surface area contributed by atoms with E-state index in [2.05, 4.69) is 19.2 Å². The summed E-state index contributed by atoms with van der Waals surface area (Å²) in [6.45, 7) is 4.95. The number of nitrogens with one attached hydrogen (secondary N) is 1. The molecular weight excluding hydrogens is 364 g/mol. The molecule has 7 heteroatoms. The molecule has 0 fully saturated rings. The van der Waals surface area contributed by atoms with E-state index in [1.54, 1.807) is 24.3 Å². The Morgan fingerprint density at radius 1 is 1.11 bits per heavy atom. The summed E-state index contributed by atoms with van der Waals surface area (Å²) in [5.74, 6) is 0.957. The van der Waals surface area contributed by atoms with Crippen LogP contribution in [0.4, 0.5) is 5.69 Å². The van der Waals surface area contributed by atoms with Crippen LogP contribution in [0.3, 0.4) is 0 Å². The Labute approximate surface area is 161 Å². The number of nitrogens with zero attached hydrogens (tertiary/aromatic N) is 1. The topological polar surface area (TPSA) is 75.7 Å². The SMILES string of the molecule is CC(C)c1ccccc1OCCNC(=O)c1ccc(N(C)S(C)(=O)=O)cc1. The lowest BCUT2D eigenvalue weighted by molar-refractivity contribution is 0.0947. The number of amides is 1. The van der Waals surface area contributed by atoms with Crippen molar-refractivity contribution in [3.63, 3.8) is 0 Å². The van der Waals surface area contributed by atoms with Crippen LogP contribution in [0.5, 0.6) is 5.75 Å². The zero-order chi connectivity index (χ0) is 20.0. The molecule has 146 valence electrons. The Kier molecular flexibility index (Phi) is 6.85. The van der Waals surface area contributed by atoms with Crippen molar-refractivity contribution in [3.05, 3.63) is 59.7 Å². The number of ether oxygens (including phenoxy) is 1. The molecule has 0 saturated carbocycles. The molecule has 0 aliphatic carbocycles. The van der Waals surface area contributed by atoms with E-state index in [4.69, 9.17) is 4.74 Å². The summed E-state index contributed by atoms with van der Waals surface area (Å²) in [5.41, 5.74) is 2.10. The highest BCUT2D eigenvalue weighted by molar-refractivity contribution is 7.92. The fourth-order valence-corrected chi connectivity index (χ4v) is 3.04. The maximum absolute atomic E-state index is 12.2. The van der Waals surface area contributed by atoms with Crippen LogP contribution in [0.25, 0.3) is 0 Å². The molecule has 1 N–H and O–H groups in total. The van der Waals surface area contributed by atoms with Gasteiger partial charge in [-0.2, -0.15) is 0 Å². The minimum absolute atomic E-state index is 0.232. The summed E-state index contributed by atoms with van der Waals surface area (Å²) >= 11 is 0. The molecule has 0 radical (unpaired) electrons. The molecule has 6 nitrogen and oxygen atoms in total. The van der Waals surface area contributed by atoms with Crippen LogP contribution in [0, 0.1) is 0 Å². The van der Waals surface area contributed by atoms with Crippen LogP contribution in [0.2, 0.25) is 0 Å². The van der Waals surface area contributed by atoms with Crippen LogP contribution >= 0.6 is 0 Å². The van der Waals surface area contributed by atoms with E-state index in [0.717, 1.165) is 21.9 Å². The minimum Gasteiger partial charge on any atom is -0.491 e. The summed E-state index contributed by atoms with van der Waals surface area (Å²) in [6.07, 6.45) is 1.13. The number of hydrogen-bond donors (Lipinski definition) is 1. The molecule has 1 amide bonds. The molecule has 2 rings (SSSR count). The highest BCUT2D eigenvalue weighted by atomic mass is 32.2. The Hall–Kier alpha value is -2.54. The van der Waals surface area contributed by atoms with E-state index >= 15 is 0 Å². The summed E-state index contributed by atoms with van der Waals surface area (Å²) in [5, 5.41) is 2.80. The molecule has 27 heavy (non-hydrogen) atoms. The molecule has 2 aromatic carbocycles. The van der Waals surface area contributed by atoms with Gasteiger partial charge in [-0.15, -0.1) is 0 Å². The number of para-hydroxylation sites is 1. The van der Waals surface area contributed by atoms with E-state index in [1.807, 2.05) is 24.3 Å². The van der Waals surface area contributed by atoms with E-state index < -0.39 is 10.0 Å². The monoisotopic (exact) mass is 390 g/mol. The fraction of sp³-hybridized carbons (Fsp3) is 0.350. The van der Waals surface area contributed by atoms with Crippen molar-refractivity contribution in [1.29, 1.82) is 0 Å². The summed E-state index contributed by atoms with van der Waals surface area (Å²) in [7, 11) is -1.86. The second-order valence-electron chi connectivity index (χ2n) is 6.57. The van der Waals surface area contributed by atoms with Gasteiger partial charge in [0.15, 0.2) is 0 Å². The van der Waals surface area contributed by atoms with Crippen molar-refractivity contribution in [1.82, 2.24) is 5.32 Å². The van der Waals surface area contributed by atoms with Gasteiger partial charge in [0.2, 0.25) is 10.0 Å². The van der Waals surface area contributed by atoms with Gasteiger partial charge in [0.25, 0.3) is 5.91 Å². The van der Waals surface area contributed by atoms with Gasteiger partial charge in [0.05, 0.1) is 18.5 Å². The highest BCUT2D eigenvalue weighted by Crippen LogP contribution is 2.25. The third-order valence-electron chi connectivity index (χ3n) is 4.18. The Bertz CT molecular complexity index is 877. The normalized spacial score (nSPS) is 11.3. The molecule has 0 aromatic heterocycles. The van der Waals surface area contributed by atoms with Crippen LogP contribution in [0.15, 0.2) is 48.5 Å². The first-order chi connectivity index (χ1) is 12.7. The van der Waals surface area contributed by atoms with E-state index in [0.29, 0.717) is 30.3 Å². The molecule has 0 unspecified atom stereocenters. The Morgan fingerprint density at radius 2 is 1.74 bits per heavy atom. The molecule has 0 atom stereocenters. The van der Waals surface area contributed by atoms with Crippen molar-refractivity contribution >= 4 is 21.6 Å². The maximum atomic E-state index is 12.2. The van der Waals surface area contributed by atoms with Crippen LogP contribution < -0.4 is 14.4 Å². The van der Waals surface area contributed by atoms with Crippen LogP contribution in [0.1, 0.15) is 35.7 Å². The zero-order valence-corrected chi connectivity index (χ0v) is 16.9. The maximum Gasteiger partial charge on any atom is 0.251 e. The smallest absolute Gasteiger partial charge is 0.251 e. The van der Waals surface area contributed by atoms with Crippen LogP contribution in [-0.2, 0) is 10.0 Å². The molecule has 0 spiro atoms. The van der Waals surface area contributed by atoms with Crippen molar-refractivity contribution in [2.75, 3.05) is 30.8 Å². The first-order valence-electron chi connectivity index (χ1n) is 8.74. The standard InChI is InChI=1S/C20H26N2O4S/c1-15(2)18-7-5-6-8-19(18)26-14-13-21-20(23)16-9-11-17(12-10-16)22(3)27(4,24)25/h5-12,15H,13-14H2,1-4H3,(H,21,23). The predicted molar refractivity (Wildman–Crippen MR) is 108 cm³/mol. The van der Waals surface area contributed by atoms with Gasteiger partial charge in [0.1, 0.15) is 12.4 Å². The summed E-state index contributed by atoms with van der Waals surface area (Å²) in [6, 6.07) is 14.3. The minimum atomic E-state index is -3.33. The second kappa shape index (κ2) is 8.90.